The highest BCUT2D eigenvalue weighted by molar-refractivity contribution is 5.82. The lowest BCUT2D eigenvalue weighted by atomic mass is 10.1. The molecule has 2 aliphatic rings. The average molecular weight is 242 g/mol. The van der Waals surface area contributed by atoms with Gasteiger partial charge in [0.2, 0.25) is 0 Å². The summed E-state index contributed by atoms with van der Waals surface area (Å²) in [6, 6.07) is 0. The van der Waals surface area contributed by atoms with Crippen LogP contribution >= 0.6 is 0 Å². The standard InChI is InChI=1S/C11H14O6/c1-11(2)16-9-6(4-8(13)14-3)15-7(5-12)10(9)17-11/h4-5,7,9-10H,1-3H3/b6-4+/t7-,9-,10+/m0/s1. The van der Waals surface area contributed by atoms with Crippen molar-refractivity contribution in [3.63, 3.8) is 0 Å². The van der Waals surface area contributed by atoms with Crippen LogP contribution in [0.5, 0.6) is 0 Å². The van der Waals surface area contributed by atoms with Gasteiger partial charge in [-0.25, -0.2) is 4.79 Å². The summed E-state index contributed by atoms with van der Waals surface area (Å²) in [5, 5.41) is 0. The highest BCUT2D eigenvalue weighted by Gasteiger charge is 2.53. The predicted octanol–water partition coefficient (Wildman–Crippen LogP) is 0.161. The summed E-state index contributed by atoms with van der Waals surface area (Å²) in [5.41, 5.74) is 0. The fraction of sp³-hybridized carbons (Fsp3) is 0.636. The lowest BCUT2D eigenvalue weighted by Crippen LogP contribution is -2.30. The van der Waals surface area contributed by atoms with E-state index in [4.69, 9.17) is 14.2 Å². The molecule has 0 amide bonds. The minimum Gasteiger partial charge on any atom is -0.481 e. The molecule has 6 nitrogen and oxygen atoms in total. The highest BCUT2D eigenvalue weighted by atomic mass is 16.8. The molecular formula is C11H14O6. The van der Waals surface area contributed by atoms with Crippen molar-refractivity contribution in [2.45, 2.75) is 37.9 Å². The number of aldehydes is 1. The maximum Gasteiger partial charge on any atom is 0.333 e. The van der Waals surface area contributed by atoms with Crippen molar-refractivity contribution in [3.8, 4) is 0 Å². The molecule has 0 aromatic heterocycles. The number of hydrogen-bond acceptors (Lipinski definition) is 6. The van der Waals surface area contributed by atoms with E-state index in [2.05, 4.69) is 4.74 Å². The Morgan fingerprint density at radius 1 is 1.41 bits per heavy atom. The minimum absolute atomic E-state index is 0.268. The molecule has 2 saturated heterocycles. The summed E-state index contributed by atoms with van der Waals surface area (Å²) < 4.78 is 20.9. The lowest BCUT2D eigenvalue weighted by Gasteiger charge is -2.20. The Balaban J connectivity index is 2.24. The molecule has 17 heavy (non-hydrogen) atoms. The lowest BCUT2D eigenvalue weighted by molar-refractivity contribution is -0.167. The summed E-state index contributed by atoms with van der Waals surface area (Å²) in [6.45, 7) is 3.48. The van der Waals surface area contributed by atoms with E-state index in [9.17, 15) is 9.59 Å². The van der Waals surface area contributed by atoms with E-state index in [0.717, 1.165) is 0 Å². The van der Waals surface area contributed by atoms with E-state index in [0.29, 0.717) is 6.29 Å². The van der Waals surface area contributed by atoms with E-state index in [1.54, 1.807) is 13.8 Å². The molecule has 3 atom stereocenters. The van der Waals surface area contributed by atoms with Crippen molar-refractivity contribution in [2.75, 3.05) is 7.11 Å². The van der Waals surface area contributed by atoms with Gasteiger partial charge in [0.15, 0.2) is 18.2 Å². The second-order valence-corrected chi connectivity index (χ2v) is 4.31. The first-order valence-electron chi connectivity index (χ1n) is 5.24. The number of hydrogen-bond donors (Lipinski definition) is 0. The largest absolute Gasteiger partial charge is 0.481 e. The number of fused-ring (bicyclic) bond motifs is 1. The molecule has 0 aliphatic carbocycles. The molecule has 2 fully saturated rings. The third kappa shape index (κ3) is 2.18. The number of carbonyl (C=O) groups excluding carboxylic acids is 2. The Labute approximate surface area is 98.5 Å². The second kappa shape index (κ2) is 4.12. The van der Waals surface area contributed by atoms with E-state index >= 15 is 0 Å². The predicted molar refractivity (Wildman–Crippen MR) is 54.9 cm³/mol. The van der Waals surface area contributed by atoms with Crippen molar-refractivity contribution in [3.05, 3.63) is 11.8 Å². The van der Waals surface area contributed by atoms with Crippen LogP contribution in [0.2, 0.25) is 0 Å². The first-order chi connectivity index (χ1) is 7.96. The SMILES string of the molecule is COC(=O)/C=C1/O[C@@H](C=O)[C@H]2OC(C)(C)O[C@@H]12. The van der Waals surface area contributed by atoms with E-state index in [1.165, 1.54) is 13.2 Å². The van der Waals surface area contributed by atoms with Crippen LogP contribution in [0.25, 0.3) is 0 Å². The maximum atomic E-state index is 11.1. The zero-order chi connectivity index (χ0) is 12.6. The van der Waals surface area contributed by atoms with Gasteiger partial charge in [-0.2, -0.15) is 0 Å². The Kier molecular flexibility index (Phi) is 2.92. The Morgan fingerprint density at radius 3 is 2.71 bits per heavy atom. The molecule has 0 aromatic rings. The molecule has 2 heterocycles. The molecule has 2 aliphatic heterocycles. The van der Waals surface area contributed by atoms with Gasteiger partial charge in [-0.1, -0.05) is 0 Å². The van der Waals surface area contributed by atoms with Crippen LogP contribution < -0.4 is 0 Å². The van der Waals surface area contributed by atoms with Gasteiger partial charge in [-0.3, -0.25) is 4.79 Å². The molecule has 0 aromatic carbocycles. The average Bonchev–Trinajstić information content (AvgIpc) is 2.73. The summed E-state index contributed by atoms with van der Waals surface area (Å²) in [6.07, 6.45) is 0.00215. The molecule has 2 rings (SSSR count). The molecule has 0 bridgehead atoms. The van der Waals surface area contributed by atoms with Crippen LogP contribution in [0.4, 0.5) is 0 Å². The highest BCUT2D eigenvalue weighted by Crippen LogP contribution is 2.39. The smallest absolute Gasteiger partial charge is 0.333 e. The fourth-order valence-corrected chi connectivity index (χ4v) is 1.94. The zero-order valence-corrected chi connectivity index (χ0v) is 9.84. The van der Waals surface area contributed by atoms with Gasteiger partial charge >= 0.3 is 5.97 Å². The number of carbonyl (C=O) groups is 2. The van der Waals surface area contributed by atoms with Gasteiger partial charge in [0, 0.05) is 0 Å². The number of ether oxygens (including phenoxy) is 4. The number of rotatable bonds is 2. The Morgan fingerprint density at radius 2 is 2.12 bits per heavy atom. The molecular weight excluding hydrogens is 228 g/mol. The Hall–Kier alpha value is -1.40. The molecule has 94 valence electrons. The molecule has 6 heteroatoms. The van der Waals surface area contributed by atoms with Crippen molar-refractivity contribution in [1.29, 1.82) is 0 Å². The van der Waals surface area contributed by atoms with Crippen molar-refractivity contribution in [2.24, 2.45) is 0 Å². The first kappa shape index (κ1) is 12.1. The summed E-state index contributed by atoms with van der Waals surface area (Å²) in [5.74, 6) is -1.08. The van der Waals surface area contributed by atoms with E-state index in [1.807, 2.05) is 0 Å². The fourth-order valence-electron chi connectivity index (χ4n) is 1.94. The van der Waals surface area contributed by atoms with Gasteiger partial charge in [0.05, 0.1) is 13.2 Å². The third-order valence-corrected chi connectivity index (χ3v) is 2.60. The van der Waals surface area contributed by atoms with Gasteiger partial charge in [0.1, 0.15) is 18.0 Å². The van der Waals surface area contributed by atoms with Crippen LogP contribution in [0.1, 0.15) is 13.8 Å². The van der Waals surface area contributed by atoms with Gasteiger partial charge in [-0.05, 0) is 13.8 Å². The molecule has 0 N–H and O–H groups in total. The Bertz CT molecular complexity index is 372. The van der Waals surface area contributed by atoms with Crippen LogP contribution in [0.3, 0.4) is 0 Å². The van der Waals surface area contributed by atoms with E-state index in [-0.39, 0.29) is 5.76 Å². The van der Waals surface area contributed by atoms with Gasteiger partial charge in [0.25, 0.3) is 0 Å². The maximum absolute atomic E-state index is 11.1. The quantitative estimate of drug-likeness (QED) is 0.390. The van der Waals surface area contributed by atoms with E-state index < -0.39 is 30.1 Å². The van der Waals surface area contributed by atoms with Crippen molar-refractivity contribution < 1.29 is 28.5 Å². The number of esters is 1. The third-order valence-electron chi connectivity index (χ3n) is 2.60. The zero-order valence-electron chi connectivity index (χ0n) is 9.84. The summed E-state index contributed by atoms with van der Waals surface area (Å²) in [4.78, 5) is 22.0. The van der Waals surface area contributed by atoms with Crippen LogP contribution in [-0.4, -0.2) is 43.5 Å². The summed E-state index contributed by atoms with van der Waals surface area (Å²) in [7, 11) is 1.26. The first-order valence-corrected chi connectivity index (χ1v) is 5.24. The molecule has 0 saturated carbocycles. The monoisotopic (exact) mass is 242 g/mol. The normalized spacial score (nSPS) is 36.4. The van der Waals surface area contributed by atoms with Gasteiger partial charge < -0.3 is 18.9 Å². The second-order valence-electron chi connectivity index (χ2n) is 4.31. The van der Waals surface area contributed by atoms with Crippen molar-refractivity contribution >= 4 is 12.3 Å². The topological polar surface area (TPSA) is 71.1 Å². The molecule has 0 unspecified atom stereocenters. The van der Waals surface area contributed by atoms with Crippen molar-refractivity contribution in [1.82, 2.24) is 0 Å². The minimum atomic E-state index is -0.796. The summed E-state index contributed by atoms with van der Waals surface area (Å²) >= 11 is 0. The van der Waals surface area contributed by atoms with Crippen LogP contribution in [0, 0.1) is 0 Å². The molecule has 0 spiro atoms. The number of methoxy groups -OCH3 is 1. The van der Waals surface area contributed by atoms with Gasteiger partial charge in [-0.15, -0.1) is 0 Å². The van der Waals surface area contributed by atoms with Crippen LogP contribution in [0.15, 0.2) is 11.8 Å². The molecule has 0 radical (unpaired) electrons. The van der Waals surface area contributed by atoms with Crippen LogP contribution in [-0.2, 0) is 28.5 Å².